The molecule has 0 saturated carbocycles. The van der Waals surface area contributed by atoms with Crippen LogP contribution >= 0.6 is 31.7 Å². The molecule has 0 fully saturated rings. The largest absolute Gasteiger partial charge is 2.00 e. The van der Waals surface area contributed by atoms with Gasteiger partial charge in [0, 0.05) is 27.3 Å². The van der Waals surface area contributed by atoms with Gasteiger partial charge in [0.15, 0.2) is 20.2 Å². The molecule has 0 aromatic heterocycles. The number of halogens is 6. The summed E-state index contributed by atoms with van der Waals surface area (Å²) in [5.74, 6) is 1.13. The summed E-state index contributed by atoms with van der Waals surface area (Å²) in [4.78, 5) is 21.1. The van der Waals surface area contributed by atoms with Gasteiger partial charge in [0.1, 0.15) is 0 Å². The number of nitrogens with one attached hydrogen (secondary N) is 4. The van der Waals surface area contributed by atoms with Crippen LogP contribution in [0.25, 0.3) is 0 Å². The van der Waals surface area contributed by atoms with Crippen LogP contribution < -0.4 is 63.7 Å². The molecule has 0 radical (unpaired) electrons. The Morgan fingerprint density at radius 2 is 0.500 bits per heavy atom. The molecule has 0 unspecified atom stereocenters. The second-order valence-electron chi connectivity index (χ2n) is 18.8. The van der Waals surface area contributed by atoms with Gasteiger partial charge in [0.05, 0.1) is 0 Å². The predicted molar refractivity (Wildman–Crippen MR) is 399 cm³/mol. The van der Waals surface area contributed by atoms with Crippen LogP contribution in [0.4, 0.5) is 35.9 Å². The second kappa shape index (κ2) is 59.7. The van der Waals surface area contributed by atoms with Crippen molar-refractivity contribution in [2.45, 2.75) is 37.7 Å². The minimum Gasteiger partial charge on any atom is -0.791 e. The van der Waals surface area contributed by atoms with Gasteiger partial charge in [-0.15, -0.1) is 0 Å². The third-order valence-corrected chi connectivity index (χ3v) is 24.1. The number of rotatable bonds is 22. The van der Waals surface area contributed by atoms with Crippen LogP contribution in [0, 0.1) is 0 Å². The number of benzene rings is 8. The Kier molecular flexibility index (Phi) is 60.7. The van der Waals surface area contributed by atoms with Crippen molar-refractivity contribution in [1.82, 2.24) is 21.3 Å². The molecule has 8 aromatic rings. The van der Waals surface area contributed by atoms with E-state index in [1.165, 1.54) is 79.9 Å². The van der Waals surface area contributed by atoms with Gasteiger partial charge in [0.25, 0.3) is 0 Å². The number of aliphatic hydroxyl groups is 2. The van der Waals surface area contributed by atoms with Crippen molar-refractivity contribution in [2.75, 3.05) is 76.6 Å². The maximum atomic E-state index is 10.7. The van der Waals surface area contributed by atoms with Gasteiger partial charge >= 0.3 is 65.2 Å². The van der Waals surface area contributed by atoms with Gasteiger partial charge in [0.2, 0.25) is 0 Å². The fourth-order valence-electron chi connectivity index (χ4n) is 8.04. The summed E-state index contributed by atoms with van der Waals surface area (Å²) in [6, 6.07) is 88.3. The molecule has 0 heterocycles. The molecule has 8 aromatic carbocycles. The summed E-state index contributed by atoms with van der Waals surface area (Å²) in [5.41, 5.74) is -11.3. The van der Waals surface area contributed by atoms with Crippen molar-refractivity contribution in [3.8, 4) is 0 Å². The van der Waals surface area contributed by atoms with Crippen molar-refractivity contribution in [3.05, 3.63) is 243 Å². The first-order chi connectivity index (χ1) is 45.9. The van der Waals surface area contributed by atoms with E-state index < -0.39 is 31.3 Å². The Balaban J connectivity index is -0.000000600. The first-order valence-electron chi connectivity index (χ1n) is 29.6. The minimum atomic E-state index is -6.09. The fraction of sp³-hybridized carbons (Fsp3) is 0.265. The van der Waals surface area contributed by atoms with E-state index in [1.54, 1.807) is 0 Å². The maximum Gasteiger partial charge on any atom is 2.00 e. The summed E-state index contributed by atoms with van der Waals surface area (Å²) in [5, 5.41) is 36.2. The molecule has 0 spiro atoms. The number of hydrogen-bond acceptors (Lipinski definition) is 12. The van der Waals surface area contributed by atoms with E-state index in [0.717, 1.165) is 14.2 Å². The molecule has 0 aliphatic carbocycles. The van der Waals surface area contributed by atoms with Crippen molar-refractivity contribution in [3.63, 3.8) is 0 Å². The average Bonchev–Trinajstić information content (AvgIpc) is 0.853. The molecular formula is C68H86F6N4O12P4Pt2S4. The van der Waals surface area contributed by atoms with Gasteiger partial charge in [-0.2, -0.15) is 37.8 Å². The Bertz CT molecular complexity index is 2950. The Labute approximate surface area is 630 Å². The number of amides is 4. The zero-order chi connectivity index (χ0) is 71.7. The zero-order valence-corrected chi connectivity index (χ0v) is 66.4. The smallest absolute Gasteiger partial charge is 0.791 e. The molecule has 10 N–H and O–H groups in total. The molecule has 4 amide bonds. The standard InChI is InChI=1S/2C27H26P2.2C5H12N2OS.2CHF3O3S.2CH4O.2H2O.2Pt/c2*1-5-14-24(15-6-1)28(25-16-7-2-8-17-25)22-13-23-29(26-18-9-3-10-19-26)27-20-11-4-12-21-27;2*1-2-6-5(8)7-3-4-9;2*2-1(3,4)8(5,6)7;2*1-2;;;;/h2*1-12,14-21H,13,22-23H2;2*9H,2-4H2,1H3,(H2,6,7,8);2*(H,5,6,7);2*2H,1H3;2*1H2;;/q;;;;;;;;;;2*+2/p-4. The van der Waals surface area contributed by atoms with Gasteiger partial charge in [-0.1, -0.05) is 243 Å². The second-order valence-corrected chi connectivity index (χ2v) is 31.7. The van der Waals surface area contributed by atoms with Gasteiger partial charge in [-0.25, -0.2) is 26.4 Å². The number of aliphatic hydroxyl groups excluding tert-OH is 2. The molecule has 0 saturated heterocycles. The number of alkyl halides is 6. The summed E-state index contributed by atoms with van der Waals surface area (Å²) in [6.07, 6.45) is 7.43. The van der Waals surface area contributed by atoms with Crippen LogP contribution in [0.15, 0.2) is 243 Å². The van der Waals surface area contributed by atoms with E-state index in [0.29, 0.717) is 37.7 Å². The van der Waals surface area contributed by atoms with Crippen LogP contribution in [0.2, 0.25) is 0 Å². The van der Waals surface area contributed by atoms with Crippen molar-refractivity contribution in [1.29, 1.82) is 0 Å². The summed E-state index contributed by atoms with van der Waals surface area (Å²) in [7, 11) is -11.4. The Morgan fingerprint density at radius 3 is 0.610 bits per heavy atom. The van der Waals surface area contributed by atoms with Crippen LogP contribution in [0.1, 0.15) is 26.7 Å². The van der Waals surface area contributed by atoms with Gasteiger partial charge in [-0.3, -0.25) is 0 Å². The van der Waals surface area contributed by atoms with Crippen LogP contribution in [-0.4, -0.2) is 147 Å². The average molecular weight is 1910 g/mol. The molecule has 100 heavy (non-hydrogen) atoms. The van der Waals surface area contributed by atoms with E-state index >= 15 is 0 Å². The number of hydrogen-bond donors (Lipinski definition) is 6. The maximum absolute atomic E-state index is 10.7. The van der Waals surface area contributed by atoms with Gasteiger partial charge in [-0.05, 0) is 139 Å². The Morgan fingerprint density at radius 1 is 0.360 bits per heavy atom. The van der Waals surface area contributed by atoms with E-state index in [-0.39, 0.29) is 96.8 Å². The zero-order valence-electron chi connectivity index (χ0n) is 55.1. The van der Waals surface area contributed by atoms with Crippen LogP contribution in [0.3, 0.4) is 0 Å². The van der Waals surface area contributed by atoms with Crippen molar-refractivity contribution in [2.24, 2.45) is 0 Å². The van der Waals surface area contributed by atoms with Crippen molar-refractivity contribution >= 4 is 132 Å². The van der Waals surface area contributed by atoms with E-state index in [9.17, 15) is 35.9 Å². The molecule has 0 aliphatic rings. The molecule has 32 heteroatoms. The normalized spacial score (nSPS) is 10.4. The molecule has 556 valence electrons. The number of carbonyl (C=O) groups is 2. The van der Waals surface area contributed by atoms with Crippen LogP contribution in [0.5, 0.6) is 0 Å². The molecule has 0 bridgehead atoms. The molecule has 8 rings (SSSR count). The van der Waals surface area contributed by atoms with Crippen molar-refractivity contribution < 1.29 is 125 Å². The summed E-state index contributed by atoms with van der Waals surface area (Å²) < 4.78 is 118. The third-order valence-electron chi connectivity index (χ3n) is 12.1. The first kappa shape index (κ1) is 102. The Hall–Kier alpha value is -4.66. The first-order valence-corrected chi connectivity index (χ1v) is 39.7. The topological polar surface area (TPSA) is 300 Å². The minimum absolute atomic E-state index is 0. The SMILES string of the molecule is CCNC(=O)NCC[S-].CCNC(=O)NCC[S-].CO.CO.O.O.O=S(=O)([O-])C(F)(F)F.O=S(=O)([O-])C(F)(F)F.[Pt+2].[Pt+2].c1ccc(P(CCCP(c2ccccc2)c2ccccc2)c2ccccc2)cc1.c1ccc(P(CCCP(c2ccccc2)c2ccccc2)c2ccccc2)cc1. The van der Waals surface area contributed by atoms with E-state index in [4.69, 9.17) is 36.2 Å². The van der Waals surface area contributed by atoms with Gasteiger partial charge < -0.3 is 76.8 Å². The quantitative estimate of drug-likeness (QED) is 0.0122. The molecular weight excluding hydrogens is 1820 g/mol. The fourth-order valence-corrected chi connectivity index (χ4v) is 18.2. The summed E-state index contributed by atoms with van der Waals surface area (Å²) in [6.45, 7) is 6.19. The number of urea groups is 2. The molecule has 0 atom stereocenters. The number of carbonyl (C=O) groups excluding carboxylic acids is 2. The molecule has 0 aliphatic heterocycles. The third kappa shape index (κ3) is 43.4. The molecule has 16 nitrogen and oxygen atoms in total. The monoisotopic (exact) mass is 1910 g/mol. The van der Waals surface area contributed by atoms with E-state index in [1.807, 2.05) is 13.8 Å². The van der Waals surface area contributed by atoms with Crippen LogP contribution in [-0.2, 0) is 87.6 Å². The predicted octanol–water partition coefficient (Wildman–Crippen LogP) is 8.65. The van der Waals surface area contributed by atoms with E-state index in [2.05, 4.69) is 289 Å². The summed E-state index contributed by atoms with van der Waals surface area (Å²) >= 11 is 9.22.